The third kappa shape index (κ3) is 3.28. The lowest BCUT2D eigenvalue weighted by Crippen LogP contribution is -2.35. The highest BCUT2D eigenvalue weighted by molar-refractivity contribution is 7.21. The fourth-order valence-electron chi connectivity index (χ4n) is 4.93. The van der Waals surface area contributed by atoms with E-state index in [-0.39, 0.29) is 11.5 Å². The Morgan fingerprint density at radius 3 is 2.48 bits per heavy atom. The van der Waals surface area contributed by atoms with E-state index in [9.17, 15) is 4.79 Å². The average Bonchev–Trinajstić information content (AvgIpc) is 3.35. The van der Waals surface area contributed by atoms with Crippen LogP contribution in [0.15, 0.2) is 0 Å². The first-order valence-electron chi connectivity index (χ1n) is 10.9. The molecule has 5 rings (SSSR count). The van der Waals surface area contributed by atoms with Crippen LogP contribution in [-0.2, 0) is 17.8 Å². The SMILES string of the molecule is CC1(C)Cc2c(c(N3CCCC3)nc3sc(C(=O)N4CCCCC4)c(N)c23)CO1. The molecule has 0 bridgehead atoms. The van der Waals surface area contributed by atoms with Crippen LogP contribution in [0, 0.1) is 0 Å². The summed E-state index contributed by atoms with van der Waals surface area (Å²) in [5, 5.41) is 0.990. The zero-order valence-electron chi connectivity index (χ0n) is 17.4. The van der Waals surface area contributed by atoms with Gasteiger partial charge < -0.3 is 20.3 Å². The molecule has 6 nitrogen and oxygen atoms in total. The maximum Gasteiger partial charge on any atom is 0.266 e. The van der Waals surface area contributed by atoms with Gasteiger partial charge in [-0.15, -0.1) is 11.3 Å². The number of aromatic nitrogens is 1. The number of nitrogen functional groups attached to an aromatic ring is 1. The Balaban J connectivity index is 1.65. The number of hydrogen-bond donors (Lipinski definition) is 1. The number of thiophene rings is 1. The standard InChI is InChI=1S/C22H30N4O2S/c1-22(2)12-14-15(13-28-22)19(25-8-6-7-9-25)24-20-16(14)17(23)18(29-20)21(27)26-10-4-3-5-11-26/h3-13,23H2,1-2H3. The van der Waals surface area contributed by atoms with E-state index in [0.29, 0.717) is 17.2 Å². The summed E-state index contributed by atoms with van der Waals surface area (Å²) in [5.41, 5.74) is 9.41. The monoisotopic (exact) mass is 414 g/mol. The van der Waals surface area contributed by atoms with Crippen molar-refractivity contribution in [2.45, 2.75) is 64.6 Å². The topological polar surface area (TPSA) is 71.7 Å². The molecule has 1 amide bonds. The molecule has 29 heavy (non-hydrogen) atoms. The van der Waals surface area contributed by atoms with E-state index in [4.69, 9.17) is 15.5 Å². The molecule has 3 aliphatic rings. The van der Waals surface area contributed by atoms with Crippen molar-refractivity contribution < 1.29 is 9.53 Å². The van der Waals surface area contributed by atoms with Crippen molar-refractivity contribution in [3.05, 3.63) is 16.0 Å². The Hall–Kier alpha value is -1.86. The highest BCUT2D eigenvalue weighted by Crippen LogP contribution is 2.44. The molecule has 0 spiro atoms. The van der Waals surface area contributed by atoms with E-state index in [1.807, 2.05) is 4.90 Å². The maximum atomic E-state index is 13.2. The molecule has 3 aliphatic heterocycles. The predicted molar refractivity (Wildman–Crippen MR) is 118 cm³/mol. The van der Waals surface area contributed by atoms with Crippen LogP contribution < -0.4 is 10.6 Å². The molecule has 0 radical (unpaired) electrons. The van der Waals surface area contributed by atoms with E-state index in [2.05, 4.69) is 18.7 Å². The number of carbonyl (C=O) groups is 1. The van der Waals surface area contributed by atoms with Crippen LogP contribution in [0.4, 0.5) is 11.5 Å². The van der Waals surface area contributed by atoms with E-state index >= 15 is 0 Å². The molecule has 2 fully saturated rings. The Morgan fingerprint density at radius 1 is 1.07 bits per heavy atom. The lowest BCUT2D eigenvalue weighted by molar-refractivity contribution is -0.0395. The van der Waals surface area contributed by atoms with Gasteiger partial charge in [0.2, 0.25) is 0 Å². The number of nitrogens with zero attached hydrogens (tertiary/aromatic N) is 3. The minimum Gasteiger partial charge on any atom is -0.397 e. The van der Waals surface area contributed by atoms with Crippen LogP contribution >= 0.6 is 11.3 Å². The number of ether oxygens (including phenoxy) is 1. The number of fused-ring (bicyclic) bond motifs is 3. The molecule has 2 N–H and O–H groups in total. The lowest BCUT2D eigenvalue weighted by Gasteiger charge is -2.34. The van der Waals surface area contributed by atoms with Crippen molar-refractivity contribution >= 4 is 39.0 Å². The molecule has 0 unspecified atom stereocenters. The molecule has 7 heteroatoms. The van der Waals surface area contributed by atoms with Gasteiger partial charge in [0.05, 0.1) is 17.9 Å². The van der Waals surface area contributed by atoms with Gasteiger partial charge in [-0.25, -0.2) is 4.98 Å². The van der Waals surface area contributed by atoms with Gasteiger partial charge in [0, 0.05) is 43.5 Å². The second-order valence-electron chi connectivity index (χ2n) is 9.19. The minimum absolute atomic E-state index is 0.0768. The van der Waals surface area contributed by atoms with Gasteiger partial charge in [-0.3, -0.25) is 4.79 Å². The largest absolute Gasteiger partial charge is 0.397 e. The van der Waals surface area contributed by atoms with Crippen molar-refractivity contribution in [3.8, 4) is 0 Å². The maximum absolute atomic E-state index is 13.2. The quantitative estimate of drug-likeness (QED) is 0.805. The molecule has 2 aromatic heterocycles. The summed E-state index contributed by atoms with van der Waals surface area (Å²) >= 11 is 1.48. The third-order valence-corrected chi connectivity index (χ3v) is 7.61. The first-order valence-corrected chi connectivity index (χ1v) is 11.7. The number of rotatable bonds is 2. The first kappa shape index (κ1) is 19.1. The summed E-state index contributed by atoms with van der Waals surface area (Å²) in [6.45, 7) is 8.54. The number of pyridine rings is 1. The molecular formula is C22H30N4O2S. The summed E-state index contributed by atoms with van der Waals surface area (Å²) in [7, 11) is 0. The highest BCUT2D eigenvalue weighted by atomic mass is 32.1. The molecule has 5 heterocycles. The highest BCUT2D eigenvalue weighted by Gasteiger charge is 2.34. The summed E-state index contributed by atoms with van der Waals surface area (Å²) < 4.78 is 6.15. The summed E-state index contributed by atoms with van der Waals surface area (Å²) in [6.07, 6.45) is 6.55. The molecule has 0 saturated carbocycles. The zero-order valence-corrected chi connectivity index (χ0v) is 18.2. The Morgan fingerprint density at radius 2 is 1.76 bits per heavy atom. The number of anilines is 2. The molecule has 2 aromatic rings. The molecule has 156 valence electrons. The van der Waals surface area contributed by atoms with Crippen LogP contribution in [0.1, 0.15) is 66.8 Å². The fraction of sp³-hybridized carbons (Fsp3) is 0.636. The summed E-state index contributed by atoms with van der Waals surface area (Å²) in [5.74, 6) is 1.12. The number of piperidine rings is 1. The van der Waals surface area contributed by atoms with Gasteiger partial charge in [0.25, 0.3) is 5.91 Å². The number of nitrogens with two attached hydrogens (primary N) is 1. The van der Waals surface area contributed by atoms with Gasteiger partial charge in [-0.2, -0.15) is 0 Å². The number of carbonyl (C=O) groups excluding carboxylic acids is 1. The Labute approximate surface area is 176 Å². The number of amides is 1. The second-order valence-corrected chi connectivity index (χ2v) is 10.2. The first-order chi connectivity index (χ1) is 13.9. The third-order valence-electron chi connectivity index (χ3n) is 6.52. The van der Waals surface area contributed by atoms with E-state index in [1.54, 1.807) is 0 Å². The van der Waals surface area contributed by atoms with Gasteiger partial charge in [-0.05, 0) is 51.5 Å². The second kappa shape index (κ2) is 7.13. The van der Waals surface area contributed by atoms with Gasteiger partial charge in [0.1, 0.15) is 15.5 Å². The van der Waals surface area contributed by atoms with Crippen LogP contribution in [0.25, 0.3) is 10.2 Å². The fourth-order valence-corrected chi connectivity index (χ4v) is 6.02. The molecule has 0 aliphatic carbocycles. The van der Waals surface area contributed by atoms with Crippen LogP contribution in [0.3, 0.4) is 0 Å². The zero-order chi connectivity index (χ0) is 20.2. The average molecular weight is 415 g/mol. The minimum atomic E-state index is -0.241. The van der Waals surface area contributed by atoms with Crippen LogP contribution in [0.5, 0.6) is 0 Å². The molecular weight excluding hydrogens is 384 g/mol. The van der Waals surface area contributed by atoms with Crippen molar-refractivity contribution in [2.75, 3.05) is 36.8 Å². The van der Waals surface area contributed by atoms with Gasteiger partial charge in [-0.1, -0.05) is 0 Å². The smallest absolute Gasteiger partial charge is 0.266 e. The molecule has 0 atom stereocenters. The number of likely N-dealkylation sites (tertiary alicyclic amines) is 1. The van der Waals surface area contributed by atoms with Gasteiger partial charge in [0.15, 0.2) is 0 Å². The normalized spacial score (nSPS) is 21.6. The van der Waals surface area contributed by atoms with E-state index in [0.717, 1.165) is 61.5 Å². The van der Waals surface area contributed by atoms with Gasteiger partial charge >= 0.3 is 0 Å². The van der Waals surface area contributed by atoms with Crippen molar-refractivity contribution in [2.24, 2.45) is 0 Å². The number of hydrogen-bond acceptors (Lipinski definition) is 6. The van der Waals surface area contributed by atoms with Crippen molar-refractivity contribution in [1.82, 2.24) is 9.88 Å². The Bertz CT molecular complexity index is 956. The lowest BCUT2D eigenvalue weighted by atomic mass is 9.89. The van der Waals surface area contributed by atoms with E-state index in [1.165, 1.54) is 41.7 Å². The Kier molecular flexibility index (Phi) is 4.70. The van der Waals surface area contributed by atoms with E-state index < -0.39 is 0 Å². The molecule has 0 aromatic carbocycles. The summed E-state index contributed by atoms with van der Waals surface area (Å²) in [4.78, 5) is 24.2. The van der Waals surface area contributed by atoms with Crippen LogP contribution in [0.2, 0.25) is 0 Å². The van der Waals surface area contributed by atoms with Crippen molar-refractivity contribution in [3.63, 3.8) is 0 Å². The summed E-state index contributed by atoms with van der Waals surface area (Å²) in [6, 6.07) is 0. The molecule has 2 saturated heterocycles. The van der Waals surface area contributed by atoms with Crippen molar-refractivity contribution in [1.29, 1.82) is 0 Å². The van der Waals surface area contributed by atoms with Crippen LogP contribution in [-0.4, -0.2) is 47.6 Å². The predicted octanol–water partition coefficient (Wildman–Crippen LogP) is 3.96.